The monoisotopic (exact) mass is 258 g/mol. The average molecular weight is 259 g/mol. The maximum Gasteiger partial charge on any atom is 0.0328 e. The van der Waals surface area contributed by atoms with E-state index >= 15 is 0 Å². The Morgan fingerprint density at radius 3 is 3.19 bits per heavy atom. The first-order chi connectivity index (χ1) is 7.42. The summed E-state index contributed by atoms with van der Waals surface area (Å²) in [6.07, 6.45) is 2.72. The van der Waals surface area contributed by atoms with Crippen molar-refractivity contribution in [2.45, 2.75) is 25.4 Å². The van der Waals surface area contributed by atoms with Crippen LogP contribution in [0, 0.1) is 5.92 Å². The van der Waals surface area contributed by atoms with E-state index < -0.39 is 0 Å². The van der Waals surface area contributed by atoms with Crippen LogP contribution in [-0.2, 0) is 6.54 Å². The molecule has 2 nitrogen and oxygen atoms in total. The minimum absolute atomic E-state index is 0. The first-order valence-electron chi connectivity index (χ1n) is 5.90. The normalized spacial score (nSPS) is 29.8. The van der Waals surface area contributed by atoms with Gasteiger partial charge in [0.2, 0.25) is 0 Å². The Hall–Kier alpha value is -0.0900. The lowest BCUT2D eigenvalue weighted by atomic mass is 9.93. The number of nitrogens with one attached hydrogen (secondary N) is 1. The Balaban J connectivity index is 0.000000963. The van der Waals surface area contributed by atoms with E-state index in [9.17, 15) is 0 Å². The Kier molecular flexibility index (Phi) is 4.25. The third-order valence-electron chi connectivity index (χ3n) is 3.70. The van der Waals surface area contributed by atoms with Crippen molar-refractivity contribution in [2.75, 3.05) is 19.6 Å². The molecule has 0 aromatic carbocycles. The van der Waals surface area contributed by atoms with Crippen molar-refractivity contribution in [1.29, 1.82) is 0 Å². The summed E-state index contributed by atoms with van der Waals surface area (Å²) < 4.78 is 0. The fraction of sp³-hybridized carbons (Fsp3) is 0.667. The Morgan fingerprint density at radius 2 is 2.38 bits per heavy atom. The standard InChI is InChI=1S/C12H18N2S.ClH/c1-2-11(15-7-1)9-14-6-4-12-10(8-14)3-5-13-12;/h1-2,7,10,12-13H,3-6,8-9H2;1H. The van der Waals surface area contributed by atoms with Crippen LogP contribution < -0.4 is 5.32 Å². The van der Waals surface area contributed by atoms with Crippen LogP contribution in [0.3, 0.4) is 0 Å². The van der Waals surface area contributed by atoms with Crippen molar-refractivity contribution in [3.63, 3.8) is 0 Å². The highest BCUT2D eigenvalue weighted by Crippen LogP contribution is 2.26. The van der Waals surface area contributed by atoms with Gasteiger partial charge in [0.1, 0.15) is 0 Å². The van der Waals surface area contributed by atoms with Crippen molar-refractivity contribution >= 4 is 23.7 Å². The summed E-state index contributed by atoms with van der Waals surface area (Å²) >= 11 is 1.88. The number of thiophene rings is 1. The molecule has 0 saturated carbocycles. The van der Waals surface area contributed by atoms with Gasteiger partial charge >= 0.3 is 0 Å². The molecule has 0 spiro atoms. The lowest BCUT2D eigenvalue weighted by Crippen LogP contribution is -2.43. The molecule has 3 heterocycles. The minimum atomic E-state index is 0. The number of rotatable bonds is 2. The first-order valence-corrected chi connectivity index (χ1v) is 6.78. The van der Waals surface area contributed by atoms with Gasteiger partial charge in [-0.2, -0.15) is 0 Å². The number of nitrogens with zero attached hydrogens (tertiary/aromatic N) is 1. The predicted molar refractivity (Wildman–Crippen MR) is 71.4 cm³/mol. The zero-order chi connectivity index (χ0) is 10.1. The third kappa shape index (κ3) is 2.59. The summed E-state index contributed by atoms with van der Waals surface area (Å²) in [6.45, 7) is 4.98. The van der Waals surface area contributed by atoms with Crippen molar-refractivity contribution < 1.29 is 0 Å². The van der Waals surface area contributed by atoms with E-state index in [1.54, 1.807) is 0 Å². The smallest absolute Gasteiger partial charge is 0.0328 e. The van der Waals surface area contributed by atoms with Crippen LogP contribution in [0.2, 0.25) is 0 Å². The number of hydrogen-bond donors (Lipinski definition) is 1. The quantitative estimate of drug-likeness (QED) is 0.876. The summed E-state index contributed by atoms with van der Waals surface area (Å²) in [5.74, 6) is 0.915. The average Bonchev–Trinajstić information content (AvgIpc) is 2.87. The van der Waals surface area contributed by atoms with Crippen LogP contribution >= 0.6 is 23.7 Å². The second-order valence-corrected chi connectivity index (χ2v) is 5.74. The Morgan fingerprint density at radius 1 is 1.44 bits per heavy atom. The Labute approximate surface area is 107 Å². The zero-order valence-electron chi connectivity index (χ0n) is 9.39. The van der Waals surface area contributed by atoms with Gasteiger partial charge in [-0.1, -0.05) is 6.07 Å². The van der Waals surface area contributed by atoms with Crippen LogP contribution in [0.25, 0.3) is 0 Å². The lowest BCUT2D eigenvalue weighted by Gasteiger charge is -2.34. The molecule has 0 bridgehead atoms. The summed E-state index contributed by atoms with van der Waals surface area (Å²) in [6, 6.07) is 5.23. The molecular weight excluding hydrogens is 240 g/mol. The molecule has 16 heavy (non-hydrogen) atoms. The molecule has 1 N–H and O–H groups in total. The van der Waals surface area contributed by atoms with Gasteiger partial charge in [0, 0.05) is 30.6 Å². The highest BCUT2D eigenvalue weighted by atomic mass is 35.5. The number of fused-ring (bicyclic) bond motifs is 1. The third-order valence-corrected chi connectivity index (χ3v) is 4.56. The highest BCUT2D eigenvalue weighted by molar-refractivity contribution is 7.09. The SMILES string of the molecule is Cl.c1csc(CN2CCC3NCCC3C2)c1. The molecule has 2 atom stereocenters. The molecule has 0 aliphatic carbocycles. The molecule has 2 aliphatic heterocycles. The molecular formula is C12H19ClN2S. The van der Waals surface area contributed by atoms with Gasteiger partial charge < -0.3 is 5.32 Å². The second-order valence-electron chi connectivity index (χ2n) is 4.71. The molecule has 0 amide bonds. The predicted octanol–water partition coefficient (Wildman–Crippen LogP) is 2.35. The van der Waals surface area contributed by atoms with Gasteiger partial charge in [0.05, 0.1) is 0 Å². The first kappa shape index (κ1) is 12.4. The van der Waals surface area contributed by atoms with Crippen LogP contribution in [-0.4, -0.2) is 30.6 Å². The van der Waals surface area contributed by atoms with Gasteiger partial charge in [-0.3, -0.25) is 4.90 Å². The van der Waals surface area contributed by atoms with Crippen molar-refractivity contribution in [3.05, 3.63) is 22.4 Å². The van der Waals surface area contributed by atoms with E-state index in [1.807, 2.05) is 11.3 Å². The maximum atomic E-state index is 3.61. The molecule has 2 unspecified atom stereocenters. The molecule has 0 radical (unpaired) electrons. The fourth-order valence-corrected chi connectivity index (χ4v) is 3.64. The Bertz CT molecular complexity index is 315. The van der Waals surface area contributed by atoms with Gasteiger partial charge in [-0.05, 0) is 36.8 Å². The van der Waals surface area contributed by atoms with Gasteiger partial charge in [-0.25, -0.2) is 0 Å². The second kappa shape index (κ2) is 5.50. The molecule has 1 aromatic rings. The van der Waals surface area contributed by atoms with Crippen molar-refractivity contribution in [1.82, 2.24) is 10.2 Å². The van der Waals surface area contributed by atoms with Crippen LogP contribution in [0.5, 0.6) is 0 Å². The minimum Gasteiger partial charge on any atom is -0.314 e. The van der Waals surface area contributed by atoms with E-state index in [0.717, 1.165) is 12.0 Å². The van der Waals surface area contributed by atoms with E-state index in [1.165, 1.54) is 43.9 Å². The lowest BCUT2D eigenvalue weighted by molar-refractivity contribution is 0.157. The number of piperidine rings is 1. The topological polar surface area (TPSA) is 15.3 Å². The van der Waals surface area contributed by atoms with Gasteiger partial charge in [-0.15, -0.1) is 23.7 Å². The molecule has 1 aromatic heterocycles. The van der Waals surface area contributed by atoms with Gasteiger partial charge in [0.25, 0.3) is 0 Å². The molecule has 3 rings (SSSR count). The maximum absolute atomic E-state index is 3.61. The highest BCUT2D eigenvalue weighted by Gasteiger charge is 2.32. The van der Waals surface area contributed by atoms with E-state index in [0.29, 0.717) is 0 Å². The summed E-state index contributed by atoms with van der Waals surface area (Å²) in [5, 5.41) is 5.79. The fourth-order valence-electron chi connectivity index (χ4n) is 2.89. The number of likely N-dealkylation sites (tertiary alicyclic amines) is 1. The van der Waals surface area contributed by atoms with Crippen LogP contribution in [0.4, 0.5) is 0 Å². The number of halogens is 1. The summed E-state index contributed by atoms with van der Waals surface area (Å²) in [5.41, 5.74) is 0. The van der Waals surface area contributed by atoms with E-state index in [-0.39, 0.29) is 12.4 Å². The molecule has 2 fully saturated rings. The summed E-state index contributed by atoms with van der Waals surface area (Å²) in [4.78, 5) is 4.14. The van der Waals surface area contributed by atoms with Crippen molar-refractivity contribution in [2.24, 2.45) is 5.92 Å². The van der Waals surface area contributed by atoms with Crippen LogP contribution in [0.1, 0.15) is 17.7 Å². The van der Waals surface area contributed by atoms with E-state index in [4.69, 9.17) is 0 Å². The summed E-state index contributed by atoms with van der Waals surface area (Å²) in [7, 11) is 0. The van der Waals surface area contributed by atoms with Gasteiger partial charge in [0.15, 0.2) is 0 Å². The zero-order valence-corrected chi connectivity index (χ0v) is 11.0. The molecule has 90 valence electrons. The molecule has 2 aliphatic rings. The van der Waals surface area contributed by atoms with E-state index in [2.05, 4.69) is 27.7 Å². The van der Waals surface area contributed by atoms with Crippen LogP contribution in [0.15, 0.2) is 17.5 Å². The molecule has 2 saturated heterocycles. The van der Waals surface area contributed by atoms with Crippen molar-refractivity contribution in [3.8, 4) is 0 Å². The molecule has 4 heteroatoms. The largest absolute Gasteiger partial charge is 0.314 e. The number of hydrogen-bond acceptors (Lipinski definition) is 3.